The van der Waals surface area contributed by atoms with Gasteiger partial charge in [0.15, 0.2) is 0 Å². The van der Waals surface area contributed by atoms with E-state index < -0.39 is 0 Å². The van der Waals surface area contributed by atoms with Crippen molar-refractivity contribution in [3.8, 4) is 0 Å². The van der Waals surface area contributed by atoms with Crippen LogP contribution in [-0.4, -0.2) is 16.3 Å². The number of rotatable bonds is 4. The van der Waals surface area contributed by atoms with Gasteiger partial charge >= 0.3 is 0 Å². The van der Waals surface area contributed by atoms with Crippen LogP contribution in [0.1, 0.15) is 5.69 Å². The molecule has 0 bridgehead atoms. The Morgan fingerprint density at radius 1 is 1.38 bits per heavy atom. The minimum absolute atomic E-state index is 0.750. The first-order valence-electron chi connectivity index (χ1n) is 5.23. The standard InChI is InChI=1S/C12H14ClN3/c1-10-5-6-15-16(10)8-7-14-12-4-2-3-11(13)9-12/h2-6,9,14H,7-8H2,1H3. The van der Waals surface area contributed by atoms with Crippen LogP contribution >= 0.6 is 11.6 Å². The van der Waals surface area contributed by atoms with Crippen LogP contribution in [0.25, 0.3) is 0 Å². The average Bonchev–Trinajstić information content (AvgIpc) is 2.65. The number of benzene rings is 1. The molecule has 84 valence electrons. The molecule has 0 saturated carbocycles. The van der Waals surface area contributed by atoms with Crippen molar-refractivity contribution < 1.29 is 0 Å². The van der Waals surface area contributed by atoms with Crippen LogP contribution in [0.2, 0.25) is 5.02 Å². The summed E-state index contributed by atoms with van der Waals surface area (Å²) in [7, 11) is 0. The van der Waals surface area contributed by atoms with Crippen LogP contribution in [0.4, 0.5) is 5.69 Å². The molecule has 1 heterocycles. The summed E-state index contributed by atoms with van der Waals surface area (Å²) in [4.78, 5) is 0. The van der Waals surface area contributed by atoms with E-state index in [0.29, 0.717) is 0 Å². The van der Waals surface area contributed by atoms with Gasteiger partial charge in [0.25, 0.3) is 0 Å². The van der Waals surface area contributed by atoms with E-state index >= 15 is 0 Å². The zero-order valence-corrected chi connectivity index (χ0v) is 9.91. The molecule has 0 aliphatic carbocycles. The molecule has 0 unspecified atom stereocenters. The minimum Gasteiger partial charge on any atom is -0.383 e. The molecule has 0 amide bonds. The van der Waals surface area contributed by atoms with E-state index in [1.807, 2.05) is 48.1 Å². The van der Waals surface area contributed by atoms with E-state index in [9.17, 15) is 0 Å². The van der Waals surface area contributed by atoms with E-state index in [-0.39, 0.29) is 0 Å². The summed E-state index contributed by atoms with van der Waals surface area (Å²) in [6, 6.07) is 9.72. The summed E-state index contributed by atoms with van der Waals surface area (Å²) in [6.45, 7) is 3.74. The van der Waals surface area contributed by atoms with Crippen LogP contribution in [0.5, 0.6) is 0 Å². The molecule has 0 saturated heterocycles. The molecule has 2 aromatic rings. The number of aryl methyl sites for hydroxylation is 1. The number of anilines is 1. The van der Waals surface area contributed by atoms with Gasteiger partial charge in [0.1, 0.15) is 0 Å². The summed E-state index contributed by atoms with van der Waals surface area (Å²) < 4.78 is 1.97. The molecule has 0 fully saturated rings. The van der Waals surface area contributed by atoms with Crippen molar-refractivity contribution in [2.24, 2.45) is 0 Å². The van der Waals surface area contributed by atoms with Crippen molar-refractivity contribution in [1.82, 2.24) is 9.78 Å². The third-order valence-corrected chi connectivity index (χ3v) is 2.64. The van der Waals surface area contributed by atoms with Gasteiger partial charge in [-0.05, 0) is 31.2 Å². The maximum Gasteiger partial charge on any atom is 0.0585 e. The van der Waals surface area contributed by atoms with Gasteiger partial charge < -0.3 is 5.32 Å². The lowest BCUT2D eigenvalue weighted by atomic mass is 10.3. The molecular formula is C12H14ClN3. The monoisotopic (exact) mass is 235 g/mol. The number of hydrogen-bond acceptors (Lipinski definition) is 2. The summed E-state index contributed by atoms with van der Waals surface area (Å²) in [5, 5.41) is 8.27. The van der Waals surface area contributed by atoms with Crippen molar-refractivity contribution in [3.05, 3.63) is 47.2 Å². The molecule has 0 spiro atoms. The Morgan fingerprint density at radius 2 is 2.25 bits per heavy atom. The third kappa shape index (κ3) is 2.76. The predicted octanol–water partition coefficient (Wildman–Crippen LogP) is 2.96. The molecule has 0 aliphatic rings. The van der Waals surface area contributed by atoms with E-state index in [0.717, 1.165) is 23.8 Å². The topological polar surface area (TPSA) is 29.9 Å². The molecule has 0 aliphatic heterocycles. The van der Waals surface area contributed by atoms with E-state index in [1.54, 1.807) is 0 Å². The normalized spacial score (nSPS) is 10.4. The van der Waals surface area contributed by atoms with Gasteiger partial charge in [-0.2, -0.15) is 5.10 Å². The summed E-state index contributed by atoms with van der Waals surface area (Å²) in [5.74, 6) is 0. The highest BCUT2D eigenvalue weighted by molar-refractivity contribution is 6.30. The lowest BCUT2D eigenvalue weighted by molar-refractivity contribution is 0.620. The fraction of sp³-hybridized carbons (Fsp3) is 0.250. The van der Waals surface area contributed by atoms with Crippen LogP contribution in [0, 0.1) is 6.92 Å². The third-order valence-electron chi connectivity index (χ3n) is 2.41. The average molecular weight is 236 g/mol. The highest BCUT2D eigenvalue weighted by Crippen LogP contribution is 2.14. The number of halogens is 1. The van der Waals surface area contributed by atoms with Crippen molar-refractivity contribution in [2.45, 2.75) is 13.5 Å². The molecule has 2 rings (SSSR count). The summed E-state index contributed by atoms with van der Waals surface area (Å²) in [5.41, 5.74) is 2.21. The fourth-order valence-corrected chi connectivity index (χ4v) is 1.73. The first-order valence-corrected chi connectivity index (χ1v) is 5.61. The van der Waals surface area contributed by atoms with Crippen LogP contribution in [0.15, 0.2) is 36.5 Å². The number of hydrogen-bond donors (Lipinski definition) is 1. The molecule has 3 nitrogen and oxygen atoms in total. The maximum absolute atomic E-state index is 5.89. The Labute approximate surface area is 100 Å². The molecule has 4 heteroatoms. The lowest BCUT2D eigenvalue weighted by Gasteiger charge is -2.08. The van der Waals surface area contributed by atoms with Crippen molar-refractivity contribution in [2.75, 3.05) is 11.9 Å². The van der Waals surface area contributed by atoms with Crippen molar-refractivity contribution >= 4 is 17.3 Å². The van der Waals surface area contributed by atoms with Gasteiger partial charge in [-0.15, -0.1) is 0 Å². The number of nitrogens with zero attached hydrogens (tertiary/aromatic N) is 2. The van der Waals surface area contributed by atoms with Crippen LogP contribution in [-0.2, 0) is 6.54 Å². The van der Waals surface area contributed by atoms with E-state index in [4.69, 9.17) is 11.6 Å². The molecule has 1 aromatic heterocycles. The highest BCUT2D eigenvalue weighted by atomic mass is 35.5. The fourth-order valence-electron chi connectivity index (χ4n) is 1.54. The molecule has 1 N–H and O–H groups in total. The largest absolute Gasteiger partial charge is 0.383 e. The second-order valence-electron chi connectivity index (χ2n) is 3.63. The first kappa shape index (κ1) is 11.0. The van der Waals surface area contributed by atoms with Crippen molar-refractivity contribution in [1.29, 1.82) is 0 Å². The molecule has 16 heavy (non-hydrogen) atoms. The van der Waals surface area contributed by atoms with Gasteiger partial charge in [-0.3, -0.25) is 4.68 Å². The molecule has 0 atom stereocenters. The van der Waals surface area contributed by atoms with E-state index in [2.05, 4.69) is 10.4 Å². The van der Waals surface area contributed by atoms with Crippen LogP contribution in [0.3, 0.4) is 0 Å². The minimum atomic E-state index is 0.750. The Bertz CT molecular complexity index is 465. The predicted molar refractivity (Wildman–Crippen MR) is 66.9 cm³/mol. The Balaban J connectivity index is 1.87. The quantitative estimate of drug-likeness (QED) is 0.883. The number of nitrogens with one attached hydrogen (secondary N) is 1. The van der Waals surface area contributed by atoms with Gasteiger partial charge in [0.05, 0.1) is 6.54 Å². The second kappa shape index (κ2) is 5.03. The van der Waals surface area contributed by atoms with Crippen LogP contribution < -0.4 is 5.32 Å². The zero-order valence-electron chi connectivity index (χ0n) is 9.15. The van der Waals surface area contributed by atoms with Gasteiger partial charge in [-0.25, -0.2) is 0 Å². The summed E-state index contributed by atoms with van der Waals surface area (Å²) >= 11 is 5.89. The Hall–Kier alpha value is -1.48. The van der Waals surface area contributed by atoms with Gasteiger partial charge in [0, 0.05) is 29.1 Å². The second-order valence-corrected chi connectivity index (χ2v) is 4.07. The summed E-state index contributed by atoms with van der Waals surface area (Å²) in [6.07, 6.45) is 1.81. The highest BCUT2D eigenvalue weighted by Gasteiger charge is 1.97. The molecule has 1 aromatic carbocycles. The SMILES string of the molecule is Cc1ccnn1CCNc1cccc(Cl)c1. The molecular weight excluding hydrogens is 222 g/mol. The van der Waals surface area contributed by atoms with Gasteiger partial charge in [0.2, 0.25) is 0 Å². The maximum atomic E-state index is 5.89. The Kier molecular flexibility index (Phi) is 3.47. The molecule has 0 radical (unpaired) electrons. The van der Waals surface area contributed by atoms with E-state index in [1.165, 1.54) is 5.69 Å². The first-order chi connectivity index (χ1) is 7.75. The lowest BCUT2D eigenvalue weighted by Crippen LogP contribution is -2.12. The Morgan fingerprint density at radius 3 is 2.94 bits per heavy atom. The smallest absolute Gasteiger partial charge is 0.0585 e. The zero-order chi connectivity index (χ0) is 11.4. The van der Waals surface area contributed by atoms with Gasteiger partial charge in [-0.1, -0.05) is 17.7 Å². The number of aromatic nitrogens is 2. The van der Waals surface area contributed by atoms with Crippen molar-refractivity contribution in [3.63, 3.8) is 0 Å².